The van der Waals surface area contributed by atoms with Crippen molar-refractivity contribution in [2.24, 2.45) is 4.99 Å². The summed E-state index contributed by atoms with van der Waals surface area (Å²) >= 11 is 6.16. The lowest BCUT2D eigenvalue weighted by Crippen LogP contribution is -2.49. The molecule has 0 spiro atoms. The van der Waals surface area contributed by atoms with E-state index in [4.69, 9.17) is 16.3 Å². The number of nitrogens with zero attached hydrogens (tertiary/aromatic N) is 1. The topological polar surface area (TPSA) is 33.6 Å². The van der Waals surface area contributed by atoms with E-state index >= 15 is 0 Å². The van der Waals surface area contributed by atoms with Crippen molar-refractivity contribution in [1.82, 2.24) is 5.32 Å². The van der Waals surface area contributed by atoms with E-state index in [1.807, 2.05) is 18.3 Å². The van der Waals surface area contributed by atoms with E-state index in [9.17, 15) is 0 Å². The maximum absolute atomic E-state index is 6.22. The van der Waals surface area contributed by atoms with Gasteiger partial charge in [0.05, 0.1) is 0 Å². The number of aliphatic imine (C=N–C) groups is 1. The van der Waals surface area contributed by atoms with Gasteiger partial charge in [0.2, 0.25) is 0 Å². The van der Waals surface area contributed by atoms with Gasteiger partial charge in [0.25, 0.3) is 0 Å². The fourth-order valence-corrected chi connectivity index (χ4v) is 5.14. The first-order valence-electron chi connectivity index (χ1n) is 10.6. The summed E-state index contributed by atoms with van der Waals surface area (Å²) in [6.07, 6.45) is 9.53. The van der Waals surface area contributed by atoms with Crippen molar-refractivity contribution < 1.29 is 4.74 Å². The Bertz CT molecular complexity index is 959. The number of ether oxygens (including phenoxy) is 1. The van der Waals surface area contributed by atoms with Crippen molar-refractivity contribution in [3.05, 3.63) is 75.8 Å². The van der Waals surface area contributed by atoms with Crippen LogP contribution < -0.4 is 10.1 Å². The smallest absolute Gasteiger partial charge is 0.193 e. The summed E-state index contributed by atoms with van der Waals surface area (Å²) in [5.41, 5.74) is 5.55. The molecule has 4 heteroatoms. The number of benzene rings is 2. The van der Waals surface area contributed by atoms with Crippen LogP contribution in [0.3, 0.4) is 0 Å². The van der Waals surface area contributed by atoms with Crippen LogP contribution in [0.5, 0.6) is 5.75 Å². The van der Waals surface area contributed by atoms with Crippen LogP contribution in [-0.4, -0.2) is 19.0 Å². The number of hydrogen-bond donors (Lipinski definition) is 1. The van der Waals surface area contributed by atoms with E-state index in [-0.39, 0.29) is 11.6 Å². The molecule has 0 bridgehead atoms. The van der Waals surface area contributed by atoms with Crippen LogP contribution in [0.1, 0.15) is 55.3 Å². The molecular formula is C25H27ClN2O. The largest absolute Gasteiger partial charge is 0.468 e. The highest BCUT2D eigenvalue weighted by Gasteiger charge is 2.47. The second kappa shape index (κ2) is 7.62. The van der Waals surface area contributed by atoms with E-state index in [0.29, 0.717) is 6.04 Å². The van der Waals surface area contributed by atoms with Crippen LogP contribution in [0.15, 0.2) is 59.1 Å². The van der Waals surface area contributed by atoms with Gasteiger partial charge < -0.3 is 10.1 Å². The minimum Gasteiger partial charge on any atom is -0.468 e. The number of nitrogens with one attached hydrogen (secondary N) is 1. The van der Waals surface area contributed by atoms with Crippen molar-refractivity contribution in [1.29, 1.82) is 0 Å². The molecule has 0 aromatic heterocycles. The maximum atomic E-state index is 6.22. The molecule has 150 valence electrons. The second-order valence-electron chi connectivity index (χ2n) is 8.55. The first kappa shape index (κ1) is 18.9. The van der Waals surface area contributed by atoms with E-state index in [1.54, 1.807) is 0 Å². The van der Waals surface area contributed by atoms with Crippen molar-refractivity contribution in [2.45, 2.75) is 56.7 Å². The Kier molecular flexibility index (Phi) is 4.97. The number of hydrogen-bond acceptors (Lipinski definition) is 3. The Morgan fingerprint density at radius 1 is 1.14 bits per heavy atom. The van der Waals surface area contributed by atoms with E-state index < -0.39 is 0 Å². The van der Waals surface area contributed by atoms with Crippen LogP contribution in [-0.2, 0) is 11.8 Å². The molecule has 3 aliphatic rings. The third-order valence-electron chi connectivity index (χ3n) is 6.75. The summed E-state index contributed by atoms with van der Waals surface area (Å²) in [6.45, 7) is 3.09. The monoisotopic (exact) mass is 406 g/mol. The number of fused-ring (bicyclic) bond motifs is 1. The summed E-state index contributed by atoms with van der Waals surface area (Å²) in [6, 6.07) is 15.4. The molecule has 1 aliphatic carbocycles. The minimum absolute atomic E-state index is 0.124. The molecule has 2 aromatic carbocycles. The average molecular weight is 407 g/mol. The Balaban J connectivity index is 1.46. The number of allylic oxidation sites excluding steroid dienone is 1. The van der Waals surface area contributed by atoms with Gasteiger partial charge in [-0.2, -0.15) is 0 Å². The van der Waals surface area contributed by atoms with E-state index in [1.165, 1.54) is 41.5 Å². The van der Waals surface area contributed by atoms with Gasteiger partial charge in [-0.1, -0.05) is 42.3 Å². The van der Waals surface area contributed by atoms with Gasteiger partial charge in [0.15, 0.2) is 6.23 Å². The van der Waals surface area contributed by atoms with Gasteiger partial charge in [-0.15, -0.1) is 0 Å². The van der Waals surface area contributed by atoms with Crippen molar-refractivity contribution in [3.8, 4) is 5.75 Å². The third kappa shape index (κ3) is 3.51. The highest BCUT2D eigenvalue weighted by molar-refractivity contribution is 6.30. The Hall–Kier alpha value is -2.10. The lowest BCUT2D eigenvalue weighted by molar-refractivity contribution is 0.163. The first-order valence-corrected chi connectivity index (χ1v) is 11.0. The van der Waals surface area contributed by atoms with Crippen molar-refractivity contribution in [2.75, 3.05) is 6.54 Å². The van der Waals surface area contributed by atoms with Gasteiger partial charge in [-0.3, -0.25) is 4.99 Å². The molecule has 3 nitrogen and oxygen atoms in total. The average Bonchev–Trinajstić information content (AvgIpc) is 2.70. The molecule has 2 aromatic rings. The van der Waals surface area contributed by atoms with Crippen molar-refractivity contribution in [3.63, 3.8) is 0 Å². The van der Waals surface area contributed by atoms with Gasteiger partial charge in [0, 0.05) is 29.1 Å². The normalized spacial score (nSPS) is 25.0. The van der Waals surface area contributed by atoms with E-state index in [2.05, 4.69) is 53.6 Å². The quantitative estimate of drug-likeness (QED) is 0.698. The Morgan fingerprint density at radius 2 is 1.97 bits per heavy atom. The molecule has 0 saturated heterocycles. The zero-order valence-electron chi connectivity index (χ0n) is 16.8. The van der Waals surface area contributed by atoms with Crippen molar-refractivity contribution >= 4 is 17.8 Å². The van der Waals surface area contributed by atoms with Crippen LogP contribution in [0.25, 0.3) is 0 Å². The van der Waals surface area contributed by atoms with Crippen LogP contribution in [0, 0.1) is 0 Å². The lowest BCUT2D eigenvalue weighted by atomic mass is 9.58. The molecule has 1 N–H and O–H groups in total. The SMILES string of the molecule is CC1=CCC(Oc2ccc3c(c2)C(C2(c4ccc(Cl)cc4)CCC2)NCC3)N=C1. The second-order valence-corrected chi connectivity index (χ2v) is 8.99. The lowest BCUT2D eigenvalue weighted by Gasteiger charge is -2.50. The van der Waals surface area contributed by atoms with E-state index in [0.717, 1.165) is 30.2 Å². The molecule has 2 unspecified atom stereocenters. The predicted molar refractivity (Wildman–Crippen MR) is 119 cm³/mol. The fourth-order valence-electron chi connectivity index (χ4n) is 5.02. The van der Waals surface area contributed by atoms with Crippen LogP contribution >= 0.6 is 11.6 Å². The molecule has 0 amide bonds. The Labute approximate surface area is 177 Å². The third-order valence-corrected chi connectivity index (χ3v) is 7.00. The van der Waals surface area contributed by atoms with Gasteiger partial charge in [-0.25, -0.2) is 0 Å². The standard InChI is InChI=1S/C25H27ClN2O/c1-17-3-10-23(28-16-17)29-21-9-4-18-11-14-27-24(22(18)15-21)25(12-2-13-25)19-5-7-20(26)8-6-19/h3-9,15-16,23-24,27H,2,10-14H2,1H3. The molecule has 5 rings (SSSR count). The van der Waals surface area contributed by atoms with Gasteiger partial charge >= 0.3 is 0 Å². The van der Waals surface area contributed by atoms with Gasteiger partial charge in [-0.05, 0) is 79.3 Å². The molecule has 1 saturated carbocycles. The molecular weight excluding hydrogens is 380 g/mol. The summed E-state index contributed by atoms with van der Waals surface area (Å²) in [5, 5.41) is 4.64. The summed E-state index contributed by atoms with van der Waals surface area (Å²) in [4.78, 5) is 4.53. The molecule has 2 atom stereocenters. The molecule has 0 radical (unpaired) electrons. The molecule has 29 heavy (non-hydrogen) atoms. The maximum Gasteiger partial charge on any atom is 0.193 e. The summed E-state index contributed by atoms with van der Waals surface area (Å²) in [5.74, 6) is 0.915. The zero-order chi connectivity index (χ0) is 19.8. The molecule has 2 heterocycles. The molecule has 1 fully saturated rings. The van der Waals surface area contributed by atoms with Crippen LogP contribution in [0.2, 0.25) is 5.02 Å². The minimum atomic E-state index is -0.124. The van der Waals surface area contributed by atoms with Gasteiger partial charge in [0.1, 0.15) is 5.75 Å². The summed E-state index contributed by atoms with van der Waals surface area (Å²) in [7, 11) is 0. The number of dihydropyridines is 1. The predicted octanol–water partition coefficient (Wildman–Crippen LogP) is 5.77. The van der Waals surface area contributed by atoms with Crippen LogP contribution in [0.4, 0.5) is 0 Å². The summed E-state index contributed by atoms with van der Waals surface area (Å²) < 4.78 is 6.22. The first-order chi connectivity index (χ1) is 14.1. The highest BCUT2D eigenvalue weighted by Crippen LogP contribution is 2.53. The number of rotatable bonds is 4. The fraction of sp³-hybridized carbons (Fsp3) is 0.400. The highest BCUT2D eigenvalue weighted by atomic mass is 35.5. The Morgan fingerprint density at radius 3 is 2.66 bits per heavy atom. The zero-order valence-corrected chi connectivity index (χ0v) is 17.6. The molecule has 2 aliphatic heterocycles. The number of halogens is 1.